The fourth-order valence-corrected chi connectivity index (χ4v) is 2.19. The van der Waals surface area contributed by atoms with Crippen molar-refractivity contribution in [2.75, 3.05) is 25.5 Å². The lowest BCUT2D eigenvalue weighted by molar-refractivity contribution is 0.212. The average Bonchev–Trinajstić information content (AvgIpc) is 2.87. The SMILES string of the molecule is C=CN=C(N=C)Nc1cnn(C2CCN(C)CC2)c1. The molecule has 2 rings (SSSR count). The second-order valence-corrected chi connectivity index (χ2v) is 4.66. The number of rotatable bonds is 3. The van der Waals surface area contributed by atoms with Crippen LogP contribution in [0.4, 0.5) is 5.69 Å². The first-order valence-electron chi connectivity index (χ1n) is 6.38. The number of hydrogen-bond donors (Lipinski definition) is 1. The molecule has 0 spiro atoms. The van der Waals surface area contributed by atoms with Gasteiger partial charge in [-0.3, -0.25) is 4.68 Å². The van der Waals surface area contributed by atoms with E-state index in [-0.39, 0.29) is 0 Å². The van der Waals surface area contributed by atoms with E-state index in [4.69, 9.17) is 0 Å². The van der Waals surface area contributed by atoms with Crippen molar-refractivity contribution < 1.29 is 0 Å². The fourth-order valence-electron chi connectivity index (χ4n) is 2.19. The molecular weight excluding hydrogens is 240 g/mol. The van der Waals surface area contributed by atoms with E-state index in [0.717, 1.165) is 31.6 Å². The zero-order valence-corrected chi connectivity index (χ0v) is 11.3. The summed E-state index contributed by atoms with van der Waals surface area (Å²) >= 11 is 0. The van der Waals surface area contributed by atoms with E-state index in [9.17, 15) is 0 Å². The van der Waals surface area contributed by atoms with Crippen molar-refractivity contribution in [1.29, 1.82) is 0 Å². The number of likely N-dealkylation sites (tertiary alicyclic amines) is 1. The lowest BCUT2D eigenvalue weighted by atomic mass is 10.1. The highest BCUT2D eigenvalue weighted by atomic mass is 15.3. The van der Waals surface area contributed by atoms with Crippen molar-refractivity contribution >= 4 is 18.4 Å². The molecule has 1 fully saturated rings. The van der Waals surface area contributed by atoms with Gasteiger partial charge < -0.3 is 10.2 Å². The molecular formula is C13H20N6. The molecule has 0 radical (unpaired) electrons. The number of nitrogens with one attached hydrogen (secondary N) is 1. The molecule has 0 atom stereocenters. The maximum atomic E-state index is 4.41. The second kappa shape index (κ2) is 6.29. The predicted molar refractivity (Wildman–Crippen MR) is 78.8 cm³/mol. The van der Waals surface area contributed by atoms with Gasteiger partial charge in [0.25, 0.3) is 0 Å². The molecule has 0 amide bonds. The van der Waals surface area contributed by atoms with Crippen LogP contribution in [-0.2, 0) is 0 Å². The Morgan fingerprint density at radius 3 is 2.89 bits per heavy atom. The van der Waals surface area contributed by atoms with Crippen LogP contribution in [0.2, 0.25) is 0 Å². The van der Waals surface area contributed by atoms with Gasteiger partial charge in [-0.15, -0.1) is 0 Å². The minimum Gasteiger partial charge on any atom is -0.322 e. The van der Waals surface area contributed by atoms with Crippen LogP contribution in [0.25, 0.3) is 0 Å². The minimum atomic E-state index is 0.429. The Bertz CT molecular complexity index is 467. The number of anilines is 1. The monoisotopic (exact) mass is 260 g/mol. The van der Waals surface area contributed by atoms with Gasteiger partial charge in [-0.25, -0.2) is 9.98 Å². The van der Waals surface area contributed by atoms with Crippen LogP contribution in [0.1, 0.15) is 18.9 Å². The molecule has 0 unspecified atom stereocenters. The number of hydrogen-bond acceptors (Lipinski definition) is 3. The molecule has 0 aromatic carbocycles. The Hall–Kier alpha value is -1.95. The minimum absolute atomic E-state index is 0.429. The highest BCUT2D eigenvalue weighted by Gasteiger charge is 2.18. The third-order valence-electron chi connectivity index (χ3n) is 3.28. The maximum absolute atomic E-state index is 4.41. The first-order valence-corrected chi connectivity index (χ1v) is 6.38. The van der Waals surface area contributed by atoms with Crippen molar-refractivity contribution in [3.05, 3.63) is 25.2 Å². The van der Waals surface area contributed by atoms with Gasteiger partial charge in [0, 0.05) is 12.4 Å². The molecule has 102 valence electrons. The number of aliphatic imine (C=N–C) groups is 2. The van der Waals surface area contributed by atoms with E-state index in [1.54, 1.807) is 6.20 Å². The highest BCUT2D eigenvalue weighted by molar-refractivity contribution is 5.96. The van der Waals surface area contributed by atoms with Crippen molar-refractivity contribution in [3.63, 3.8) is 0 Å². The van der Waals surface area contributed by atoms with Crippen molar-refractivity contribution in [2.24, 2.45) is 9.98 Å². The molecule has 0 bridgehead atoms. The lowest BCUT2D eigenvalue weighted by Gasteiger charge is -2.28. The van der Waals surface area contributed by atoms with Gasteiger partial charge in [0.1, 0.15) is 0 Å². The zero-order chi connectivity index (χ0) is 13.7. The quantitative estimate of drug-likeness (QED) is 0.665. The summed E-state index contributed by atoms with van der Waals surface area (Å²) in [6, 6.07) is 0.475. The van der Waals surface area contributed by atoms with E-state index in [1.807, 2.05) is 10.9 Å². The van der Waals surface area contributed by atoms with Gasteiger partial charge in [-0.05, 0) is 39.7 Å². The molecule has 1 aromatic heterocycles. The Morgan fingerprint density at radius 2 is 2.26 bits per heavy atom. The molecule has 1 aliphatic rings. The molecule has 1 N–H and O–H groups in total. The van der Waals surface area contributed by atoms with Crippen molar-refractivity contribution in [3.8, 4) is 0 Å². The maximum Gasteiger partial charge on any atom is 0.226 e. The summed E-state index contributed by atoms with van der Waals surface area (Å²) in [6.45, 7) is 9.22. The first kappa shape index (κ1) is 13.5. The third kappa shape index (κ3) is 3.51. The summed E-state index contributed by atoms with van der Waals surface area (Å²) in [7, 11) is 2.15. The summed E-state index contributed by atoms with van der Waals surface area (Å²) in [4.78, 5) is 10.1. The van der Waals surface area contributed by atoms with Gasteiger partial charge >= 0.3 is 0 Å². The summed E-state index contributed by atoms with van der Waals surface area (Å²) in [6.07, 6.45) is 7.45. The van der Waals surface area contributed by atoms with Gasteiger partial charge in [0.05, 0.1) is 17.9 Å². The molecule has 2 heterocycles. The largest absolute Gasteiger partial charge is 0.322 e. The van der Waals surface area contributed by atoms with Crippen LogP contribution in [0.5, 0.6) is 0 Å². The van der Waals surface area contributed by atoms with E-state index in [0.29, 0.717) is 12.0 Å². The van der Waals surface area contributed by atoms with Crippen LogP contribution in [0.15, 0.2) is 35.2 Å². The van der Waals surface area contributed by atoms with Gasteiger partial charge in [0.15, 0.2) is 0 Å². The van der Waals surface area contributed by atoms with Gasteiger partial charge in [-0.2, -0.15) is 5.10 Å². The summed E-state index contributed by atoms with van der Waals surface area (Å²) in [5, 5.41) is 7.46. The van der Waals surface area contributed by atoms with Crippen LogP contribution in [0, 0.1) is 0 Å². The molecule has 0 saturated carbocycles. The van der Waals surface area contributed by atoms with E-state index < -0.39 is 0 Å². The molecule has 0 aliphatic carbocycles. The topological polar surface area (TPSA) is 57.8 Å². The summed E-state index contributed by atoms with van der Waals surface area (Å²) in [5.41, 5.74) is 0.868. The number of piperidine rings is 1. The summed E-state index contributed by atoms with van der Waals surface area (Å²) in [5.74, 6) is 0.429. The Labute approximate surface area is 113 Å². The second-order valence-electron chi connectivity index (χ2n) is 4.66. The number of guanidine groups is 1. The lowest BCUT2D eigenvalue weighted by Crippen LogP contribution is -2.31. The molecule has 1 aliphatic heterocycles. The fraction of sp³-hybridized carbons (Fsp3) is 0.462. The predicted octanol–water partition coefficient (Wildman–Crippen LogP) is 1.76. The van der Waals surface area contributed by atoms with Crippen LogP contribution in [0.3, 0.4) is 0 Å². The number of aromatic nitrogens is 2. The first-order chi connectivity index (χ1) is 9.22. The standard InChI is InChI=1S/C13H20N6/c1-4-15-13(14-2)17-11-9-16-19(10-11)12-5-7-18(3)8-6-12/h4,9-10,12H,1-2,5-8H2,3H3,(H,15,17). The van der Waals surface area contributed by atoms with Crippen LogP contribution in [-0.4, -0.2) is 47.5 Å². The summed E-state index contributed by atoms with van der Waals surface area (Å²) < 4.78 is 2.02. The Kier molecular flexibility index (Phi) is 4.46. The van der Waals surface area contributed by atoms with Crippen molar-refractivity contribution in [2.45, 2.75) is 18.9 Å². The van der Waals surface area contributed by atoms with E-state index in [2.05, 4.69) is 45.6 Å². The molecule has 19 heavy (non-hydrogen) atoms. The molecule has 6 heteroatoms. The molecule has 1 aromatic rings. The van der Waals surface area contributed by atoms with Crippen LogP contribution >= 0.6 is 0 Å². The van der Waals surface area contributed by atoms with Gasteiger partial charge in [0.2, 0.25) is 5.96 Å². The van der Waals surface area contributed by atoms with E-state index in [1.165, 1.54) is 6.20 Å². The Balaban J connectivity index is 2.00. The van der Waals surface area contributed by atoms with E-state index >= 15 is 0 Å². The van der Waals surface area contributed by atoms with Crippen LogP contribution < -0.4 is 5.32 Å². The van der Waals surface area contributed by atoms with Gasteiger partial charge in [-0.1, -0.05) is 6.58 Å². The third-order valence-corrected chi connectivity index (χ3v) is 3.28. The molecule has 1 saturated heterocycles. The highest BCUT2D eigenvalue weighted by Crippen LogP contribution is 2.22. The number of nitrogens with zero attached hydrogens (tertiary/aromatic N) is 5. The molecule has 6 nitrogen and oxygen atoms in total. The van der Waals surface area contributed by atoms with Crippen molar-refractivity contribution in [1.82, 2.24) is 14.7 Å². The average molecular weight is 260 g/mol. The smallest absolute Gasteiger partial charge is 0.226 e. The Morgan fingerprint density at radius 1 is 1.53 bits per heavy atom. The zero-order valence-electron chi connectivity index (χ0n) is 11.3. The normalized spacial score (nSPS) is 18.3.